The zero-order valence-electron chi connectivity index (χ0n) is 17.0. The predicted molar refractivity (Wildman–Crippen MR) is 112 cm³/mol. The van der Waals surface area contributed by atoms with Crippen LogP contribution in [-0.2, 0) is 14.3 Å². The highest BCUT2D eigenvalue weighted by Crippen LogP contribution is 2.39. The van der Waals surface area contributed by atoms with Gasteiger partial charge in [0.05, 0.1) is 24.8 Å². The van der Waals surface area contributed by atoms with Crippen LogP contribution in [0.25, 0.3) is 5.76 Å². The molecule has 0 bridgehead atoms. The van der Waals surface area contributed by atoms with Gasteiger partial charge in [0.25, 0.3) is 11.7 Å². The van der Waals surface area contributed by atoms with Gasteiger partial charge in [0.1, 0.15) is 5.76 Å². The molecule has 1 atom stereocenters. The highest BCUT2D eigenvalue weighted by molar-refractivity contribution is 6.46. The molecule has 2 fully saturated rings. The molecule has 1 aromatic heterocycles. The summed E-state index contributed by atoms with van der Waals surface area (Å²) in [6.07, 6.45) is 3.26. The van der Waals surface area contributed by atoms with E-state index in [-0.39, 0.29) is 11.3 Å². The summed E-state index contributed by atoms with van der Waals surface area (Å²) in [5.74, 6) is -1.39. The summed E-state index contributed by atoms with van der Waals surface area (Å²) in [5, 5.41) is 11.0. The Kier molecular flexibility index (Phi) is 5.92. The molecule has 2 aromatic rings. The van der Waals surface area contributed by atoms with Gasteiger partial charge < -0.3 is 14.7 Å². The first-order valence-corrected chi connectivity index (χ1v) is 10.1. The van der Waals surface area contributed by atoms with Crippen molar-refractivity contribution in [3.8, 4) is 0 Å². The normalized spacial score (nSPS) is 21.9. The summed E-state index contributed by atoms with van der Waals surface area (Å²) in [7, 11) is 0. The van der Waals surface area contributed by atoms with E-state index in [0.29, 0.717) is 31.9 Å². The first-order valence-electron chi connectivity index (χ1n) is 10.1. The van der Waals surface area contributed by atoms with Gasteiger partial charge in [-0.05, 0) is 24.6 Å². The summed E-state index contributed by atoms with van der Waals surface area (Å²) in [6.45, 7) is 5.91. The predicted octanol–water partition coefficient (Wildman–Crippen LogP) is 2.14. The monoisotopic (exact) mass is 407 g/mol. The zero-order valence-corrected chi connectivity index (χ0v) is 17.0. The van der Waals surface area contributed by atoms with Crippen molar-refractivity contribution in [1.29, 1.82) is 0 Å². The molecular weight excluding hydrogens is 382 g/mol. The minimum absolute atomic E-state index is 0.122. The fraction of sp³-hybridized carbons (Fsp3) is 0.348. The number of aliphatic hydroxyl groups is 1. The molecule has 0 saturated carbocycles. The minimum atomic E-state index is -0.656. The van der Waals surface area contributed by atoms with E-state index in [9.17, 15) is 14.7 Å². The lowest BCUT2D eigenvalue weighted by Gasteiger charge is -2.30. The van der Waals surface area contributed by atoms with Crippen molar-refractivity contribution in [3.05, 3.63) is 71.1 Å². The molecule has 0 unspecified atom stereocenters. The molecule has 7 nitrogen and oxygen atoms in total. The minimum Gasteiger partial charge on any atom is -0.507 e. The molecule has 30 heavy (non-hydrogen) atoms. The van der Waals surface area contributed by atoms with Crippen molar-refractivity contribution in [1.82, 2.24) is 14.8 Å². The number of nitrogens with zero attached hydrogens (tertiary/aromatic N) is 3. The first kappa shape index (κ1) is 20.3. The summed E-state index contributed by atoms with van der Waals surface area (Å²) < 4.78 is 5.38. The molecule has 0 aliphatic carbocycles. The van der Waals surface area contributed by atoms with E-state index in [1.165, 1.54) is 0 Å². The van der Waals surface area contributed by atoms with Crippen LogP contribution < -0.4 is 0 Å². The van der Waals surface area contributed by atoms with Crippen molar-refractivity contribution in [3.63, 3.8) is 0 Å². The molecule has 2 saturated heterocycles. The molecular formula is C23H25N3O4. The van der Waals surface area contributed by atoms with Crippen LogP contribution in [0.5, 0.6) is 0 Å². The highest BCUT2D eigenvalue weighted by Gasteiger charge is 2.46. The Labute approximate surface area is 175 Å². The molecule has 1 amide bonds. The van der Waals surface area contributed by atoms with Crippen LogP contribution in [0, 0.1) is 6.92 Å². The number of carbonyl (C=O) groups excluding carboxylic acids is 2. The van der Waals surface area contributed by atoms with Gasteiger partial charge in [0, 0.05) is 44.1 Å². The first-order chi connectivity index (χ1) is 14.6. The summed E-state index contributed by atoms with van der Waals surface area (Å²) in [5.41, 5.74) is 2.44. The maximum Gasteiger partial charge on any atom is 0.295 e. The SMILES string of the molecule is Cc1ccc(C(O)=C2C(=O)C(=O)N(CCN3CCOCC3)[C@H]2c2ccncc2)cc1. The van der Waals surface area contributed by atoms with Crippen molar-refractivity contribution in [2.45, 2.75) is 13.0 Å². The summed E-state index contributed by atoms with van der Waals surface area (Å²) in [6, 6.07) is 10.2. The topological polar surface area (TPSA) is 83.0 Å². The van der Waals surface area contributed by atoms with Crippen LogP contribution >= 0.6 is 0 Å². The average Bonchev–Trinajstić information content (AvgIpc) is 3.04. The van der Waals surface area contributed by atoms with Crippen LogP contribution in [0.15, 0.2) is 54.4 Å². The summed E-state index contributed by atoms with van der Waals surface area (Å²) >= 11 is 0. The number of likely N-dealkylation sites (tertiary alicyclic amines) is 1. The number of carbonyl (C=O) groups is 2. The Morgan fingerprint density at radius 1 is 1.07 bits per heavy atom. The number of amides is 1. The number of hydrogen-bond donors (Lipinski definition) is 1. The van der Waals surface area contributed by atoms with Gasteiger partial charge in [0.15, 0.2) is 0 Å². The Bertz CT molecular complexity index is 950. The van der Waals surface area contributed by atoms with Gasteiger partial charge in [-0.15, -0.1) is 0 Å². The third-order valence-corrected chi connectivity index (χ3v) is 5.65. The fourth-order valence-electron chi connectivity index (χ4n) is 3.94. The van der Waals surface area contributed by atoms with Gasteiger partial charge in [-0.2, -0.15) is 0 Å². The Balaban J connectivity index is 1.71. The number of Topliss-reactive ketones (excluding diaryl/α,β-unsaturated/α-hetero) is 1. The van der Waals surface area contributed by atoms with Gasteiger partial charge in [-0.3, -0.25) is 19.5 Å². The lowest BCUT2D eigenvalue weighted by Crippen LogP contribution is -2.42. The largest absolute Gasteiger partial charge is 0.507 e. The van der Waals surface area contributed by atoms with Crippen LogP contribution in [0.3, 0.4) is 0 Å². The molecule has 2 aliphatic heterocycles. The standard InChI is InChI=1S/C23H25N3O4/c1-16-2-4-18(5-3-16)21(27)19-20(17-6-8-24-9-7-17)26(23(29)22(19)28)11-10-25-12-14-30-15-13-25/h2-9,20,27H,10-15H2,1H3/t20-/m0/s1. The maximum absolute atomic E-state index is 13.0. The molecule has 1 N–H and O–H groups in total. The Morgan fingerprint density at radius 3 is 2.40 bits per heavy atom. The van der Waals surface area contributed by atoms with Gasteiger partial charge in [-0.1, -0.05) is 29.8 Å². The molecule has 4 rings (SSSR count). The fourth-order valence-corrected chi connectivity index (χ4v) is 3.94. The number of ketones is 1. The third kappa shape index (κ3) is 3.99. The van der Waals surface area contributed by atoms with Crippen LogP contribution in [0.4, 0.5) is 0 Å². The zero-order chi connectivity index (χ0) is 21.1. The Hall–Kier alpha value is -3.03. The second kappa shape index (κ2) is 8.77. The van der Waals surface area contributed by atoms with E-state index in [4.69, 9.17) is 4.74 Å². The lowest BCUT2D eigenvalue weighted by atomic mass is 9.95. The second-order valence-electron chi connectivity index (χ2n) is 7.59. The number of pyridine rings is 1. The number of benzene rings is 1. The Morgan fingerprint density at radius 2 is 1.73 bits per heavy atom. The average molecular weight is 407 g/mol. The number of rotatable bonds is 5. The van der Waals surface area contributed by atoms with Crippen molar-refractivity contribution in [2.24, 2.45) is 0 Å². The van der Waals surface area contributed by atoms with Crippen molar-refractivity contribution < 1.29 is 19.4 Å². The number of aromatic nitrogens is 1. The quantitative estimate of drug-likeness (QED) is 0.465. The molecule has 2 aliphatic rings. The highest BCUT2D eigenvalue weighted by atomic mass is 16.5. The molecule has 156 valence electrons. The number of aryl methyl sites for hydroxylation is 1. The number of ether oxygens (including phenoxy) is 1. The summed E-state index contributed by atoms with van der Waals surface area (Å²) in [4.78, 5) is 33.7. The molecule has 7 heteroatoms. The number of hydrogen-bond acceptors (Lipinski definition) is 6. The van der Waals surface area contributed by atoms with E-state index in [0.717, 1.165) is 24.2 Å². The smallest absolute Gasteiger partial charge is 0.295 e. The molecule has 0 spiro atoms. The van der Waals surface area contributed by atoms with E-state index < -0.39 is 17.7 Å². The van der Waals surface area contributed by atoms with E-state index in [1.54, 1.807) is 41.6 Å². The lowest BCUT2D eigenvalue weighted by molar-refractivity contribution is -0.140. The third-order valence-electron chi connectivity index (χ3n) is 5.65. The van der Waals surface area contributed by atoms with Crippen molar-refractivity contribution >= 4 is 17.4 Å². The maximum atomic E-state index is 13.0. The number of morpholine rings is 1. The number of aliphatic hydroxyl groups excluding tert-OH is 1. The molecule has 3 heterocycles. The van der Waals surface area contributed by atoms with Crippen LogP contribution in [-0.4, -0.2) is 71.0 Å². The van der Waals surface area contributed by atoms with Gasteiger partial charge >= 0.3 is 0 Å². The van der Waals surface area contributed by atoms with E-state index >= 15 is 0 Å². The second-order valence-corrected chi connectivity index (χ2v) is 7.59. The molecule has 0 radical (unpaired) electrons. The van der Waals surface area contributed by atoms with E-state index in [1.807, 2.05) is 19.1 Å². The van der Waals surface area contributed by atoms with Crippen LogP contribution in [0.1, 0.15) is 22.7 Å². The van der Waals surface area contributed by atoms with Gasteiger partial charge in [0.2, 0.25) is 0 Å². The van der Waals surface area contributed by atoms with Crippen LogP contribution in [0.2, 0.25) is 0 Å². The van der Waals surface area contributed by atoms with Crippen molar-refractivity contribution in [2.75, 3.05) is 39.4 Å². The van der Waals surface area contributed by atoms with Gasteiger partial charge in [-0.25, -0.2) is 0 Å². The molecule has 1 aromatic carbocycles. The van der Waals surface area contributed by atoms with E-state index in [2.05, 4.69) is 9.88 Å².